The molecule has 0 saturated heterocycles. The molecule has 0 saturated carbocycles. The number of hydrogen-bond donors (Lipinski definition) is 1. The van der Waals surface area contributed by atoms with E-state index in [0.29, 0.717) is 4.47 Å². The van der Waals surface area contributed by atoms with Crippen LogP contribution in [0.1, 0.15) is 20.7 Å². The van der Waals surface area contributed by atoms with E-state index in [1.165, 1.54) is 37.4 Å². The van der Waals surface area contributed by atoms with Crippen molar-refractivity contribution >= 4 is 53.2 Å². The summed E-state index contributed by atoms with van der Waals surface area (Å²) in [4.78, 5) is 23.9. The Morgan fingerprint density at radius 1 is 1.12 bits per heavy atom. The lowest BCUT2D eigenvalue weighted by atomic mass is 10.1. The van der Waals surface area contributed by atoms with E-state index in [1.807, 2.05) is 0 Å². The maximum absolute atomic E-state index is 12.3. The number of rotatable bonds is 4. The van der Waals surface area contributed by atoms with Gasteiger partial charge in [0.05, 0.1) is 23.3 Å². The zero-order valence-electron chi connectivity index (χ0n) is 12.2. The van der Waals surface area contributed by atoms with Gasteiger partial charge in [-0.1, -0.05) is 15.9 Å². The molecular weight excluding hydrogens is 422 g/mol. The van der Waals surface area contributed by atoms with E-state index in [4.69, 9.17) is 10.7 Å². The van der Waals surface area contributed by atoms with Crippen LogP contribution >= 0.6 is 26.6 Å². The number of ether oxygens (including phenoxy) is 1. The van der Waals surface area contributed by atoms with Crippen LogP contribution in [-0.4, -0.2) is 27.4 Å². The van der Waals surface area contributed by atoms with Crippen molar-refractivity contribution in [2.24, 2.45) is 0 Å². The van der Waals surface area contributed by atoms with Crippen molar-refractivity contribution < 1.29 is 22.7 Å². The molecule has 0 aromatic heterocycles. The van der Waals surface area contributed by atoms with Gasteiger partial charge in [0.15, 0.2) is 0 Å². The minimum atomic E-state index is -3.86. The second kappa shape index (κ2) is 7.33. The lowest BCUT2D eigenvalue weighted by molar-refractivity contribution is 0.0602. The molecule has 24 heavy (non-hydrogen) atoms. The third-order valence-corrected chi connectivity index (χ3v) is 4.90. The summed E-state index contributed by atoms with van der Waals surface area (Å²) in [7, 11) is 2.60. The Balaban J connectivity index is 2.28. The molecule has 0 heterocycles. The highest BCUT2D eigenvalue weighted by atomic mass is 79.9. The molecule has 1 N–H and O–H groups in total. The second-order valence-corrected chi connectivity index (χ2v) is 8.08. The quantitative estimate of drug-likeness (QED) is 0.591. The van der Waals surface area contributed by atoms with Crippen molar-refractivity contribution in [3.8, 4) is 0 Å². The van der Waals surface area contributed by atoms with Gasteiger partial charge in [-0.15, -0.1) is 0 Å². The van der Waals surface area contributed by atoms with E-state index in [1.54, 1.807) is 12.1 Å². The molecule has 9 heteroatoms. The Bertz CT molecular complexity index is 897. The lowest BCUT2D eigenvalue weighted by Gasteiger charge is -2.10. The summed E-state index contributed by atoms with van der Waals surface area (Å²) >= 11 is 3.24. The molecule has 0 radical (unpaired) electrons. The number of carbonyl (C=O) groups is 2. The predicted octanol–water partition coefficient (Wildman–Crippen LogP) is 3.42. The summed E-state index contributed by atoms with van der Waals surface area (Å²) in [5.41, 5.74) is 0.655. The number of benzene rings is 2. The predicted molar refractivity (Wildman–Crippen MR) is 92.9 cm³/mol. The SMILES string of the molecule is COC(=O)c1cc(Br)ccc1NC(=O)c1ccc(S(=O)(=O)Cl)cc1. The zero-order chi connectivity index (χ0) is 17.9. The van der Waals surface area contributed by atoms with E-state index < -0.39 is 20.9 Å². The highest BCUT2D eigenvalue weighted by Gasteiger charge is 2.16. The molecule has 0 aliphatic carbocycles. The fourth-order valence-electron chi connectivity index (χ4n) is 1.87. The number of nitrogens with one attached hydrogen (secondary N) is 1. The fourth-order valence-corrected chi connectivity index (χ4v) is 3.00. The summed E-state index contributed by atoms with van der Waals surface area (Å²) in [6, 6.07) is 9.81. The molecule has 2 aromatic rings. The molecule has 0 fully saturated rings. The van der Waals surface area contributed by atoms with Gasteiger partial charge in [0.25, 0.3) is 15.0 Å². The zero-order valence-corrected chi connectivity index (χ0v) is 15.4. The van der Waals surface area contributed by atoms with Crippen LogP contribution in [0, 0.1) is 0 Å². The Kier molecular flexibility index (Phi) is 5.63. The van der Waals surface area contributed by atoms with Gasteiger partial charge in [-0.2, -0.15) is 0 Å². The number of anilines is 1. The van der Waals surface area contributed by atoms with Crippen LogP contribution in [-0.2, 0) is 13.8 Å². The number of methoxy groups -OCH3 is 1. The molecule has 126 valence electrons. The first-order valence-corrected chi connectivity index (χ1v) is 9.56. The van der Waals surface area contributed by atoms with Crippen molar-refractivity contribution in [3.63, 3.8) is 0 Å². The molecule has 0 bridgehead atoms. The van der Waals surface area contributed by atoms with Crippen LogP contribution in [0.15, 0.2) is 51.8 Å². The smallest absolute Gasteiger partial charge is 0.340 e. The van der Waals surface area contributed by atoms with Gasteiger partial charge in [0.2, 0.25) is 0 Å². The van der Waals surface area contributed by atoms with Gasteiger partial charge in [-0.3, -0.25) is 4.79 Å². The molecule has 6 nitrogen and oxygen atoms in total. The van der Waals surface area contributed by atoms with E-state index in [2.05, 4.69) is 26.0 Å². The molecule has 0 spiro atoms. The van der Waals surface area contributed by atoms with Crippen molar-refractivity contribution in [2.45, 2.75) is 4.90 Å². The largest absolute Gasteiger partial charge is 0.465 e. The number of halogens is 2. The third kappa shape index (κ3) is 4.34. The summed E-state index contributed by atoms with van der Waals surface area (Å²) < 4.78 is 27.7. The van der Waals surface area contributed by atoms with Crippen LogP contribution in [0.3, 0.4) is 0 Å². The molecule has 1 amide bonds. The van der Waals surface area contributed by atoms with Gasteiger partial charge in [0.1, 0.15) is 0 Å². The monoisotopic (exact) mass is 431 g/mol. The maximum atomic E-state index is 12.3. The number of esters is 1. The Morgan fingerprint density at radius 2 is 1.75 bits per heavy atom. The van der Waals surface area contributed by atoms with E-state index in [-0.39, 0.29) is 21.7 Å². The summed E-state index contributed by atoms with van der Waals surface area (Å²) in [5.74, 6) is -1.11. The summed E-state index contributed by atoms with van der Waals surface area (Å²) in [6.07, 6.45) is 0. The lowest BCUT2D eigenvalue weighted by Crippen LogP contribution is -2.15. The first kappa shape index (κ1) is 18.4. The van der Waals surface area contributed by atoms with Crippen LogP contribution < -0.4 is 5.32 Å². The Morgan fingerprint density at radius 3 is 2.29 bits per heavy atom. The summed E-state index contributed by atoms with van der Waals surface area (Å²) in [5, 5.41) is 2.58. The first-order chi connectivity index (χ1) is 11.2. The highest BCUT2D eigenvalue weighted by Crippen LogP contribution is 2.23. The Hall–Kier alpha value is -1.90. The van der Waals surface area contributed by atoms with Gasteiger partial charge in [-0.25, -0.2) is 13.2 Å². The molecule has 2 rings (SSSR count). The van der Waals surface area contributed by atoms with Crippen LogP contribution in [0.25, 0.3) is 0 Å². The van der Waals surface area contributed by atoms with Crippen LogP contribution in [0.5, 0.6) is 0 Å². The molecule has 0 unspecified atom stereocenters. The van der Waals surface area contributed by atoms with Gasteiger partial charge in [-0.05, 0) is 42.5 Å². The molecule has 0 aliphatic heterocycles. The van der Waals surface area contributed by atoms with Crippen molar-refractivity contribution in [3.05, 3.63) is 58.1 Å². The van der Waals surface area contributed by atoms with Crippen molar-refractivity contribution in [1.82, 2.24) is 0 Å². The molecular formula is C15H11BrClNO5S. The maximum Gasteiger partial charge on any atom is 0.340 e. The average Bonchev–Trinajstić information content (AvgIpc) is 2.55. The molecule has 2 aromatic carbocycles. The molecule has 0 atom stereocenters. The normalized spacial score (nSPS) is 11.0. The number of amides is 1. The first-order valence-electron chi connectivity index (χ1n) is 6.46. The van der Waals surface area contributed by atoms with Gasteiger partial charge >= 0.3 is 5.97 Å². The molecule has 0 aliphatic rings. The fraction of sp³-hybridized carbons (Fsp3) is 0.0667. The van der Waals surface area contributed by atoms with Gasteiger partial charge in [0, 0.05) is 20.7 Å². The minimum absolute atomic E-state index is 0.111. The van der Waals surface area contributed by atoms with Crippen molar-refractivity contribution in [2.75, 3.05) is 12.4 Å². The Labute approximate surface area is 151 Å². The highest BCUT2D eigenvalue weighted by molar-refractivity contribution is 9.10. The van der Waals surface area contributed by atoms with Crippen LogP contribution in [0.2, 0.25) is 0 Å². The van der Waals surface area contributed by atoms with Crippen molar-refractivity contribution in [1.29, 1.82) is 0 Å². The van der Waals surface area contributed by atoms with E-state index in [0.717, 1.165) is 0 Å². The number of carbonyl (C=O) groups excluding carboxylic acids is 2. The topological polar surface area (TPSA) is 89.5 Å². The minimum Gasteiger partial charge on any atom is -0.465 e. The third-order valence-electron chi connectivity index (χ3n) is 3.03. The average molecular weight is 433 g/mol. The van der Waals surface area contributed by atoms with Gasteiger partial charge < -0.3 is 10.1 Å². The second-order valence-electron chi connectivity index (χ2n) is 4.60. The number of hydrogen-bond acceptors (Lipinski definition) is 5. The van der Waals surface area contributed by atoms with Crippen LogP contribution in [0.4, 0.5) is 5.69 Å². The summed E-state index contributed by atoms with van der Waals surface area (Å²) in [6.45, 7) is 0. The van der Waals surface area contributed by atoms with E-state index in [9.17, 15) is 18.0 Å². The standard InChI is InChI=1S/C15H11BrClNO5S/c1-23-15(20)12-8-10(16)4-7-13(12)18-14(19)9-2-5-11(6-3-9)24(17,21)22/h2-8H,1H3,(H,18,19). The van der Waals surface area contributed by atoms with E-state index >= 15 is 0 Å².